The summed E-state index contributed by atoms with van der Waals surface area (Å²) >= 11 is 0. The van der Waals surface area contributed by atoms with E-state index in [-0.39, 0.29) is 6.10 Å². The molecule has 0 amide bonds. The predicted octanol–water partition coefficient (Wildman–Crippen LogP) is 3.53. The average molecular weight is 270 g/mol. The second kappa shape index (κ2) is 6.23. The maximum absolute atomic E-state index is 5.95. The first-order valence-electron chi connectivity index (χ1n) is 7.56. The standard InChI is InChI=1S/C17H22N2O/c1-13(5-4-10-18-15-8-9-15)20-16-11-14-6-2-3-7-17(14)19-12-16/h2-3,6-7,11-13,15,18H,4-5,8-10H2,1H3. The number of benzene rings is 1. The second-order valence-corrected chi connectivity index (χ2v) is 5.66. The van der Waals surface area contributed by atoms with Crippen LogP contribution in [0.3, 0.4) is 0 Å². The van der Waals surface area contributed by atoms with E-state index in [1.54, 1.807) is 0 Å². The zero-order valence-corrected chi connectivity index (χ0v) is 12.0. The Balaban J connectivity index is 1.49. The van der Waals surface area contributed by atoms with E-state index in [2.05, 4.69) is 29.4 Å². The Morgan fingerprint density at radius 1 is 1.35 bits per heavy atom. The largest absolute Gasteiger partial charge is 0.489 e. The van der Waals surface area contributed by atoms with Crippen LogP contribution in [-0.4, -0.2) is 23.7 Å². The van der Waals surface area contributed by atoms with Gasteiger partial charge in [-0.15, -0.1) is 0 Å². The van der Waals surface area contributed by atoms with Crippen LogP contribution < -0.4 is 10.1 Å². The van der Waals surface area contributed by atoms with E-state index in [9.17, 15) is 0 Å². The average Bonchev–Trinajstić information content (AvgIpc) is 3.28. The van der Waals surface area contributed by atoms with Crippen molar-refractivity contribution in [3.63, 3.8) is 0 Å². The summed E-state index contributed by atoms with van der Waals surface area (Å²) in [6, 6.07) is 11.0. The van der Waals surface area contributed by atoms with E-state index in [0.29, 0.717) is 0 Å². The highest BCUT2D eigenvalue weighted by molar-refractivity contribution is 5.79. The van der Waals surface area contributed by atoms with Crippen molar-refractivity contribution in [2.45, 2.75) is 44.8 Å². The molecule has 1 atom stereocenters. The summed E-state index contributed by atoms with van der Waals surface area (Å²) in [7, 11) is 0. The van der Waals surface area contributed by atoms with E-state index in [1.807, 2.05) is 24.4 Å². The number of ether oxygens (including phenoxy) is 1. The lowest BCUT2D eigenvalue weighted by molar-refractivity contribution is 0.207. The third-order valence-corrected chi connectivity index (χ3v) is 3.70. The number of aromatic nitrogens is 1. The first-order valence-corrected chi connectivity index (χ1v) is 7.56. The maximum Gasteiger partial charge on any atom is 0.138 e. The molecule has 3 heteroatoms. The molecule has 1 unspecified atom stereocenters. The third-order valence-electron chi connectivity index (χ3n) is 3.70. The van der Waals surface area contributed by atoms with Gasteiger partial charge in [-0.25, -0.2) is 0 Å². The summed E-state index contributed by atoms with van der Waals surface area (Å²) in [5.41, 5.74) is 1.01. The minimum atomic E-state index is 0.235. The van der Waals surface area contributed by atoms with Crippen molar-refractivity contribution < 1.29 is 4.74 Å². The minimum absolute atomic E-state index is 0.235. The molecule has 3 rings (SSSR count). The normalized spacial score (nSPS) is 16.2. The quantitative estimate of drug-likeness (QED) is 0.781. The van der Waals surface area contributed by atoms with Gasteiger partial charge in [0.2, 0.25) is 0 Å². The summed E-state index contributed by atoms with van der Waals surface area (Å²) in [6.07, 6.45) is 7.01. The predicted molar refractivity (Wildman–Crippen MR) is 82.1 cm³/mol. The molecule has 0 spiro atoms. The number of hydrogen-bond donors (Lipinski definition) is 1. The van der Waals surface area contributed by atoms with Crippen LogP contribution in [0.15, 0.2) is 36.5 Å². The van der Waals surface area contributed by atoms with E-state index in [4.69, 9.17) is 4.74 Å². The Bertz CT molecular complexity index is 566. The van der Waals surface area contributed by atoms with Crippen LogP contribution in [-0.2, 0) is 0 Å². The van der Waals surface area contributed by atoms with Crippen LogP contribution in [0.4, 0.5) is 0 Å². The van der Waals surface area contributed by atoms with Crippen LogP contribution in [0.5, 0.6) is 5.75 Å². The summed E-state index contributed by atoms with van der Waals surface area (Å²) in [4.78, 5) is 4.42. The molecule has 1 aliphatic rings. The van der Waals surface area contributed by atoms with Gasteiger partial charge in [0.05, 0.1) is 17.8 Å². The van der Waals surface area contributed by atoms with Crippen molar-refractivity contribution in [1.82, 2.24) is 10.3 Å². The zero-order chi connectivity index (χ0) is 13.8. The van der Waals surface area contributed by atoms with Gasteiger partial charge in [-0.1, -0.05) is 18.2 Å². The lowest BCUT2D eigenvalue weighted by atomic mass is 10.2. The molecule has 1 saturated carbocycles. The molecule has 3 nitrogen and oxygen atoms in total. The zero-order valence-electron chi connectivity index (χ0n) is 12.0. The Kier molecular flexibility index (Phi) is 4.16. The Labute approximate surface area is 120 Å². The van der Waals surface area contributed by atoms with Crippen LogP contribution in [0, 0.1) is 0 Å². The fraction of sp³-hybridized carbons (Fsp3) is 0.471. The number of nitrogens with one attached hydrogen (secondary N) is 1. The molecule has 1 N–H and O–H groups in total. The SMILES string of the molecule is CC(CCCNC1CC1)Oc1cnc2ccccc2c1. The number of nitrogens with zero attached hydrogens (tertiary/aromatic N) is 1. The molecule has 0 radical (unpaired) electrons. The molecule has 20 heavy (non-hydrogen) atoms. The smallest absolute Gasteiger partial charge is 0.138 e. The number of fused-ring (bicyclic) bond motifs is 1. The van der Waals surface area contributed by atoms with Gasteiger partial charge in [-0.3, -0.25) is 4.98 Å². The number of rotatable bonds is 7. The Hall–Kier alpha value is -1.61. The number of pyridine rings is 1. The van der Waals surface area contributed by atoms with Gasteiger partial charge in [-0.05, 0) is 51.3 Å². The monoisotopic (exact) mass is 270 g/mol. The maximum atomic E-state index is 5.95. The topological polar surface area (TPSA) is 34.1 Å². The summed E-state index contributed by atoms with van der Waals surface area (Å²) < 4.78 is 5.95. The van der Waals surface area contributed by atoms with Gasteiger partial charge < -0.3 is 10.1 Å². The van der Waals surface area contributed by atoms with Gasteiger partial charge >= 0.3 is 0 Å². The highest BCUT2D eigenvalue weighted by Crippen LogP contribution is 2.20. The van der Waals surface area contributed by atoms with Gasteiger partial charge in [0.25, 0.3) is 0 Å². The molecule has 1 aliphatic carbocycles. The molecule has 2 aromatic rings. The van der Waals surface area contributed by atoms with Gasteiger partial charge in [0.1, 0.15) is 5.75 Å². The summed E-state index contributed by atoms with van der Waals surface area (Å²) in [6.45, 7) is 3.24. The lowest BCUT2D eigenvalue weighted by Gasteiger charge is -2.15. The molecule has 1 fully saturated rings. The molecular weight excluding hydrogens is 248 g/mol. The van der Waals surface area contributed by atoms with Crippen LogP contribution in [0.25, 0.3) is 10.9 Å². The fourth-order valence-electron chi connectivity index (χ4n) is 2.39. The summed E-state index contributed by atoms with van der Waals surface area (Å²) in [5.74, 6) is 0.867. The fourth-order valence-corrected chi connectivity index (χ4v) is 2.39. The molecule has 1 aromatic heterocycles. The van der Waals surface area contributed by atoms with Crippen molar-refractivity contribution in [1.29, 1.82) is 0 Å². The van der Waals surface area contributed by atoms with Crippen molar-refractivity contribution >= 4 is 10.9 Å². The number of hydrogen-bond acceptors (Lipinski definition) is 3. The molecule has 0 bridgehead atoms. The molecule has 0 saturated heterocycles. The van der Waals surface area contributed by atoms with Gasteiger partial charge in [0, 0.05) is 11.4 Å². The Morgan fingerprint density at radius 2 is 2.20 bits per heavy atom. The highest BCUT2D eigenvalue weighted by atomic mass is 16.5. The van der Waals surface area contributed by atoms with E-state index in [1.165, 1.54) is 19.3 Å². The van der Waals surface area contributed by atoms with E-state index >= 15 is 0 Å². The molecular formula is C17H22N2O. The Morgan fingerprint density at radius 3 is 3.05 bits per heavy atom. The molecule has 1 heterocycles. The molecule has 1 aromatic carbocycles. The van der Waals surface area contributed by atoms with Crippen LogP contribution >= 0.6 is 0 Å². The van der Waals surface area contributed by atoms with Crippen molar-refractivity contribution in [2.75, 3.05) is 6.54 Å². The van der Waals surface area contributed by atoms with Crippen molar-refractivity contribution in [2.24, 2.45) is 0 Å². The summed E-state index contributed by atoms with van der Waals surface area (Å²) in [5, 5.41) is 4.66. The lowest BCUT2D eigenvalue weighted by Crippen LogP contribution is -2.20. The van der Waals surface area contributed by atoms with Gasteiger partial charge in [-0.2, -0.15) is 0 Å². The highest BCUT2D eigenvalue weighted by Gasteiger charge is 2.19. The van der Waals surface area contributed by atoms with Gasteiger partial charge in [0.15, 0.2) is 0 Å². The second-order valence-electron chi connectivity index (χ2n) is 5.66. The van der Waals surface area contributed by atoms with Crippen molar-refractivity contribution in [3.05, 3.63) is 36.5 Å². The van der Waals surface area contributed by atoms with E-state index in [0.717, 1.165) is 35.7 Å². The first-order chi connectivity index (χ1) is 9.81. The van der Waals surface area contributed by atoms with E-state index < -0.39 is 0 Å². The minimum Gasteiger partial charge on any atom is -0.489 e. The molecule has 0 aliphatic heterocycles. The number of para-hydroxylation sites is 1. The molecule has 106 valence electrons. The van der Waals surface area contributed by atoms with Crippen molar-refractivity contribution in [3.8, 4) is 5.75 Å². The third kappa shape index (κ3) is 3.70. The van der Waals surface area contributed by atoms with Crippen LogP contribution in [0.2, 0.25) is 0 Å². The van der Waals surface area contributed by atoms with Crippen LogP contribution in [0.1, 0.15) is 32.6 Å². The first kappa shape index (κ1) is 13.4.